The van der Waals surface area contributed by atoms with Gasteiger partial charge in [-0.2, -0.15) is 0 Å². The van der Waals surface area contributed by atoms with Crippen LogP contribution in [0.15, 0.2) is 0 Å². The first-order valence-electron chi connectivity index (χ1n) is 3.75. The summed E-state index contributed by atoms with van der Waals surface area (Å²) in [5, 5.41) is 0. The molecular formula is C7H18EuSi. The van der Waals surface area contributed by atoms with Crippen LogP contribution in [0.2, 0.25) is 19.5 Å². The molecule has 0 amide bonds. The van der Waals surface area contributed by atoms with Crippen LogP contribution in [0.1, 0.15) is 20.8 Å². The van der Waals surface area contributed by atoms with Crippen molar-refractivity contribution in [3.8, 4) is 0 Å². The Labute approximate surface area is 83.2 Å². The Morgan fingerprint density at radius 1 is 1.00 bits per heavy atom. The molecule has 0 atom stereocenters. The van der Waals surface area contributed by atoms with E-state index >= 15 is 0 Å². The third-order valence-corrected chi connectivity index (χ3v) is 22.3. The SMILES string of the molecule is CC[Si](CC)(CC)[Eu][CH3]. The van der Waals surface area contributed by atoms with Gasteiger partial charge < -0.3 is 0 Å². The summed E-state index contributed by atoms with van der Waals surface area (Å²) in [6, 6.07) is 4.65. The van der Waals surface area contributed by atoms with Gasteiger partial charge in [-0.1, -0.05) is 0 Å². The maximum absolute atomic E-state index is 2.52. The van der Waals surface area contributed by atoms with Gasteiger partial charge in [0.05, 0.1) is 0 Å². The first-order chi connectivity index (χ1) is 4.24. The second kappa shape index (κ2) is 5.45. The molecule has 0 bridgehead atoms. The Morgan fingerprint density at radius 3 is 1.33 bits per heavy atom. The quantitative estimate of drug-likeness (QED) is 0.695. The molecule has 0 heterocycles. The fourth-order valence-electron chi connectivity index (χ4n) is 1.15. The zero-order chi connectivity index (χ0) is 7.33. The fourth-order valence-corrected chi connectivity index (χ4v) is 11.2. The summed E-state index contributed by atoms with van der Waals surface area (Å²) in [4.78, 5) is 0. The molecule has 0 spiro atoms. The second-order valence-corrected chi connectivity index (χ2v) is 18.6. The van der Waals surface area contributed by atoms with Crippen LogP contribution in [0.3, 0.4) is 0 Å². The van der Waals surface area contributed by atoms with Gasteiger partial charge in [-0.3, -0.25) is 0 Å². The molecule has 0 aromatic rings. The van der Waals surface area contributed by atoms with Gasteiger partial charge in [-0.05, 0) is 0 Å². The van der Waals surface area contributed by atoms with Gasteiger partial charge in [-0.15, -0.1) is 0 Å². The van der Waals surface area contributed by atoms with E-state index in [1.54, 1.807) is 18.1 Å². The first kappa shape index (κ1) is 10.8. The van der Waals surface area contributed by atoms with Crippen molar-refractivity contribution in [2.75, 3.05) is 0 Å². The van der Waals surface area contributed by atoms with Crippen LogP contribution in [0.5, 0.6) is 0 Å². The predicted octanol–water partition coefficient (Wildman–Crippen LogP) is 3.12. The molecule has 9 heavy (non-hydrogen) atoms. The summed E-state index contributed by atoms with van der Waals surface area (Å²) >= 11 is 0.248. The van der Waals surface area contributed by atoms with Crippen LogP contribution in [0.4, 0.5) is 0 Å². The van der Waals surface area contributed by atoms with Gasteiger partial charge in [-0.25, -0.2) is 0 Å². The van der Waals surface area contributed by atoms with E-state index in [0.717, 1.165) is 0 Å². The van der Waals surface area contributed by atoms with E-state index in [-0.39, 0.29) is 43.4 Å². The molecule has 0 nitrogen and oxygen atoms in total. The minimum absolute atomic E-state index is 0.248. The van der Waals surface area contributed by atoms with Crippen molar-refractivity contribution < 1.29 is 43.4 Å². The average molecular weight is 282 g/mol. The Kier molecular flexibility index (Phi) is 6.54. The van der Waals surface area contributed by atoms with E-state index in [4.69, 9.17) is 0 Å². The van der Waals surface area contributed by atoms with Crippen molar-refractivity contribution in [2.45, 2.75) is 40.2 Å². The van der Waals surface area contributed by atoms with Crippen LogP contribution in [0.25, 0.3) is 0 Å². The van der Waals surface area contributed by atoms with Crippen molar-refractivity contribution in [1.29, 1.82) is 0 Å². The molecule has 0 saturated heterocycles. The molecule has 0 N–H and O–H groups in total. The molecular weight excluding hydrogens is 264 g/mol. The van der Waals surface area contributed by atoms with Crippen molar-refractivity contribution in [3.05, 3.63) is 0 Å². The van der Waals surface area contributed by atoms with E-state index in [2.05, 4.69) is 22.1 Å². The van der Waals surface area contributed by atoms with Gasteiger partial charge in [0.1, 0.15) is 0 Å². The molecule has 0 saturated carbocycles. The molecule has 57 valence electrons. The summed E-state index contributed by atoms with van der Waals surface area (Å²) in [7, 11) is 0. The van der Waals surface area contributed by atoms with Crippen molar-refractivity contribution in [3.63, 3.8) is 0 Å². The Hall–Kier alpha value is 1.80. The molecule has 0 aromatic heterocycles. The van der Waals surface area contributed by atoms with E-state index in [0.29, 0.717) is 0 Å². The summed E-state index contributed by atoms with van der Waals surface area (Å²) < 4.78 is 1.98. The number of hydrogen-bond donors (Lipinski definition) is 0. The van der Waals surface area contributed by atoms with E-state index in [9.17, 15) is 0 Å². The Morgan fingerprint density at radius 2 is 1.33 bits per heavy atom. The van der Waals surface area contributed by atoms with Crippen LogP contribution in [0, 0.1) is 43.4 Å². The molecule has 0 rings (SSSR count). The Bertz CT molecular complexity index is 51.8. The van der Waals surface area contributed by atoms with Crippen LogP contribution in [-0.2, 0) is 0 Å². The number of hydrogen-bond acceptors (Lipinski definition) is 0. The molecule has 0 aliphatic carbocycles. The molecule has 2 heteroatoms. The third kappa shape index (κ3) is 3.13. The third-order valence-electron chi connectivity index (χ3n) is 2.30. The fraction of sp³-hybridized carbons (Fsp3) is 1.00. The van der Waals surface area contributed by atoms with Crippen LogP contribution >= 0.6 is 0 Å². The summed E-state index contributed by atoms with van der Waals surface area (Å²) in [6.45, 7) is 7.21. The van der Waals surface area contributed by atoms with E-state index < -0.39 is 1.12 Å². The van der Waals surface area contributed by atoms with E-state index in [1.807, 2.05) is 0 Å². The number of rotatable bonds is 4. The second-order valence-electron chi connectivity index (χ2n) is 2.40. The van der Waals surface area contributed by atoms with Gasteiger partial charge in [0, 0.05) is 0 Å². The topological polar surface area (TPSA) is 0 Å². The molecule has 0 aliphatic rings. The van der Waals surface area contributed by atoms with Crippen molar-refractivity contribution in [1.82, 2.24) is 0 Å². The predicted molar refractivity (Wildman–Crippen MR) is 43.1 cm³/mol. The molecule has 0 aliphatic heterocycles. The van der Waals surface area contributed by atoms with E-state index in [1.165, 1.54) is 0 Å². The Balaban J connectivity index is 3.82. The summed E-state index contributed by atoms with van der Waals surface area (Å²) in [5.74, 6) is 0. The standard InChI is InChI=1S/C6H15Si.CH3.Eu/c1-4-7(5-2)6-3;;/h4-6H2,1-3H3;1H3;. The van der Waals surface area contributed by atoms with Crippen molar-refractivity contribution >= 4 is 1.12 Å². The van der Waals surface area contributed by atoms with Crippen LogP contribution in [-0.4, -0.2) is 1.12 Å². The van der Waals surface area contributed by atoms with Crippen molar-refractivity contribution in [2.24, 2.45) is 0 Å². The zero-order valence-electron chi connectivity index (χ0n) is 7.00. The molecule has 0 fully saturated rings. The molecule has 0 unspecified atom stereocenters. The molecule has 0 radical (unpaired) electrons. The summed E-state index contributed by atoms with van der Waals surface area (Å²) in [5.41, 5.74) is 0. The zero-order valence-corrected chi connectivity index (χ0v) is 10.4. The summed E-state index contributed by atoms with van der Waals surface area (Å²) in [6.07, 6.45) is 0. The average Bonchev–Trinajstić information content (AvgIpc) is 1.95. The van der Waals surface area contributed by atoms with Gasteiger partial charge >= 0.3 is 84.7 Å². The van der Waals surface area contributed by atoms with Crippen LogP contribution < -0.4 is 0 Å². The normalized spacial score (nSPS) is 12.0. The maximum atomic E-state index is 2.52. The monoisotopic (exact) mass is 283 g/mol. The van der Waals surface area contributed by atoms with Gasteiger partial charge in [0.15, 0.2) is 0 Å². The molecule has 0 aromatic carbocycles. The van der Waals surface area contributed by atoms with Gasteiger partial charge in [0.25, 0.3) is 0 Å². The minimum atomic E-state index is -0.539. The first-order valence-corrected chi connectivity index (χ1v) is 12.3. The van der Waals surface area contributed by atoms with Gasteiger partial charge in [0.2, 0.25) is 0 Å².